The van der Waals surface area contributed by atoms with E-state index in [0.29, 0.717) is 17.5 Å². The van der Waals surface area contributed by atoms with Crippen LogP contribution in [-0.4, -0.2) is 15.0 Å². The van der Waals surface area contributed by atoms with Crippen LogP contribution in [0.1, 0.15) is 11.4 Å². The Hall–Kier alpha value is -8.21. The van der Waals surface area contributed by atoms with Crippen LogP contribution in [0.25, 0.3) is 67.8 Å². The smallest absolute Gasteiger partial charge is 0.164 e. The van der Waals surface area contributed by atoms with Crippen LogP contribution in [0, 0.1) is 0 Å². The van der Waals surface area contributed by atoms with E-state index in [2.05, 4.69) is 181 Å². The van der Waals surface area contributed by atoms with Crippen LogP contribution >= 0.6 is 0 Å². The molecule has 0 aliphatic heterocycles. The van der Waals surface area contributed by atoms with Gasteiger partial charge in [-0.2, -0.15) is 0 Å². The van der Waals surface area contributed by atoms with Crippen molar-refractivity contribution in [3.63, 3.8) is 0 Å². The summed E-state index contributed by atoms with van der Waals surface area (Å²) in [5.74, 6) is 1.72. The molecule has 0 unspecified atom stereocenters. The summed E-state index contributed by atoms with van der Waals surface area (Å²) in [6.07, 6.45) is 7.81. The van der Waals surface area contributed by atoms with Gasteiger partial charge in [0.1, 0.15) is 0 Å². The summed E-state index contributed by atoms with van der Waals surface area (Å²) in [6, 6.07) is 75.9. The Kier molecular flexibility index (Phi) is 11.4. The van der Waals surface area contributed by atoms with E-state index in [9.17, 15) is 0 Å². The minimum Gasteiger partial charge on any atom is -0.309 e. The summed E-state index contributed by atoms with van der Waals surface area (Å²) in [4.78, 5) is 17.7. The molecule has 0 N–H and O–H groups in total. The zero-order valence-corrected chi connectivity index (χ0v) is 33.6. The van der Waals surface area contributed by atoms with E-state index < -0.39 is 0 Å². The lowest BCUT2D eigenvalue weighted by Gasteiger charge is -2.31. The molecule has 0 atom stereocenters. The second kappa shape index (κ2) is 18.2. The molecule has 0 spiro atoms. The van der Waals surface area contributed by atoms with Crippen molar-refractivity contribution >= 4 is 28.7 Å². The minimum atomic E-state index is 0.549. The lowest BCUT2D eigenvalue weighted by molar-refractivity contribution is 1.04. The fourth-order valence-corrected chi connectivity index (χ4v) is 7.56. The molecule has 0 aliphatic rings. The highest BCUT2D eigenvalue weighted by Gasteiger charge is 2.24. The summed E-state index contributed by atoms with van der Waals surface area (Å²) < 4.78 is 0. The van der Waals surface area contributed by atoms with Crippen molar-refractivity contribution in [1.82, 2.24) is 15.0 Å². The van der Waals surface area contributed by atoms with Crippen molar-refractivity contribution < 1.29 is 0 Å². The van der Waals surface area contributed by atoms with Gasteiger partial charge in [-0.1, -0.05) is 207 Å². The van der Waals surface area contributed by atoms with Crippen LogP contribution < -0.4 is 4.90 Å². The fourth-order valence-electron chi connectivity index (χ4n) is 7.56. The van der Waals surface area contributed by atoms with Crippen LogP contribution in [0.2, 0.25) is 0 Å². The topological polar surface area (TPSA) is 41.9 Å². The Bertz CT molecular complexity index is 2870. The number of allylic oxidation sites excluding steroid dienone is 4. The van der Waals surface area contributed by atoms with Gasteiger partial charge in [-0.25, -0.2) is 15.0 Å². The zero-order chi connectivity index (χ0) is 41.2. The van der Waals surface area contributed by atoms with Crippen LogP contribution in [-0.2, 0) is 0 Å². The average Bonchev–Trinajstić information content (AvgIpc) is 3.35. The molecule has 1 heterocycles. The number of hydrogen-bond donors (Lipinski definition) is 0. The molecular formula is C57H42N4. The molecule has 0 fully saturated rings. The predicted molar refractivity (Wildman–Crippen MR) is 255 cm³/mol. The van der Waals surface area contributed by atoms with Crippen molar-refractivity contribution in [3.8, 4) is 56.2 Å². The third-order valence-corrected chi connectivity index (χ3v) is 10.5. The second-order valence-corrected chi connectivity index (χ2v) is 14.5. The summed E-state index contributed by atoms with van der Waals surface area (Å²) >= 11 is 0. The number of nitrogens with zero attached hydrogens (tertiary/aromatic N) is 4. The van der Waals surface area contributed by atoms with Gasteiger partial charge in [0.15, 0.2) is 17.5 Å². The molecule has 9 rings (SSSR count). The predicted octanol–water partition coefficient (Wildman–Crippen LogP) is 15.0. The summed E-state index contributed by atoms with van der Waals surface area (Å²) in [5, 5.41) is 0. The Balaban J connectivity index is 1.27. The first-order chi connectivity index (χ1) is 30.2. The highest BCUT2D eigenvalue weighted by molar-refractivity contribution is 6.00. The van der Waals surface area contributed by atoms with Gasteiger partial charge in [-0.15, -0.1) is 0 Å². The number of anilines is 3. The van der Waals surface area contributed by atoms with E-state index in [1.54, 1.807) is 0 Å². The van der Waals surface area contributed by atoms with Crippen molar-refractivity contribution in [2.75, 3.05) is 4.90 Å². The van der Waals surface area contributed by atoms with Gasteiger partial charge < -0.3 is 4.90 Å². The van der Waals surface area contributed by atoms with E-state index in [0.717, 1.165) is 67.1 Å². The van der Waals surface area contributed by atoms with Crippen molar-refractivity contribution in [3.05, 3.63) is 255 Å². The number of rotatable bonds is 12. The Morgan fingerprint density at radius 2 is 0.836 bits per heavy atom. The number of hydrogen-bond acceptors (Lipinski definition) is 4. The molecule has 8 aromatic carbocycles. The molecular weight excluding hydrogens is 741 g/mol. The van der Waals surface area contributed by atoms with Crippen LogP contribution in [0.3, 0.4) is 0 Å². The molecule has 1 aromatic heterocycles. The van der Waals surface area contributed by atoms with Crippen LogP contribution in [0.4, 0.5) is 17.1 Å². The quantitative estimate of drug-likeness (QED) is 0.116. The Morgan fingerprint density at radius 1 is 0.410 bits per heavy atom. The zero-order valence-electron chi connectivity index (χ0n) is 33.6. The highest BCUT2D eigenvalue weighted by atomic mass is 15.1. The normalized spacial score (nSPS) is 11.4. The molecule has 0 saturated heterocycles. The molecule has 4 nitrogen and oxygen atoms in total. The van der Waals surface area contributed by atoms with Crippen LogP contribution in [0.15, 0.2) is 243 Å². The Labute approximate surface area is 357 Å². The van der Waals surface area contributed by atoms with E-state index >= 15 is 0 Å². The maximum absolute atomic E-state index is 5.18. The molecule has 0 bridgehead atoms. The molecule has 9 aromatic rings. The molecule has 0 saturated carbocycles. The van der Waals surface area contributed by atoms with Crippen molar-refractivity contribution in [2.24, 2.45) is 0 Å². The van der Waals surface area contributed by atoms with Gasteiger partial charge >= 0.3 is 0 Å². The fraction of sp³-hybridized carbons (Fsp3) is 0. The number of para-hydroxylation sites is 1. The standard InChI is InChI=1S/C57H42N4/c1-2-42(43-22-9-3-10-23-43)32-21-35-54-58-56(48-30-17-7-18-31-48)60-57(59-54)49-40-52(46-26-13-5-14-27-46)55(53(41-49)47-28-15-6-16-29-47)61(50-33-19-8-20-34-50)51-38-36-45(37-39-51)44-24-11-4-12-25-44/h2-41H,1H2/b35-21+,42-32+. The van der Waals surface area contributed by atoms with E-state index in [1.165, 1.54) is 5.56 Å². The van der Waals surface area contributed by atoms with E-state index in [4.69, 9.17) is 15.0 Å². The minimum absolute atomic E-state index is 0.549. The van der Waals surface area contributed by atoms with Gasteiger partial charge in [0, 0.05) is 33.6 Å². The Morgan fingerprint density at radius 3 is 1.36 bits per heavy atom. The van der Waals surface area contributed by atoms with Gasteiger partial charge in [-0.3, -0.25) is 0 Å². The maximum Gasteiger partial charge on any atom is 0.164 e. The largest absolute Gasteiger partial charge is 0.309 e. The van der Waals surface area contributed by atoms with E-state index in [-0.39, 0.29) is 0 Å². The molecule has 0 amide bonds. The SMILES string of the molecule is C=C/C(=C\C=C\c1nc(-c2ccccc2)nc(-c2cc(-c3ccccc3)c(N(c3ccccc3)c3ccc(-c4ccccc4)cc3)c(-c3ccccc3)c2)n1)c1ccccc1. The number of aromatic nitrogens is 3. The first kappa shape index (κ1) is 38.3. The molecule has 0 aliphatic carbocycles. The van der Waals surface area contributed by atoms with Crippen molar-refractivity contribution in [1.29, 1.82) is 0 Å². The number of benzene rings is 8. The maximum atomic E-state index is 5.18. The first-order valence-corrected chi connectivity index (χ1v) is 20.4. The van der Waals surface area contributed by atoms with Gasteiger partial charge in [0.25, 0.3) is 0 Å². The third-order valence-electron chi connectivity index (χ3n) is 10.5. The van der Waals surface area contributed by atoms with E-state index in [1.807, 2.05) is 72.8 Å². The lowest BCUT2D eigenvalue weighted by atomic mass is 9.91. The van der Waals surface area contributed by atoms with Crippen molar-refractivity contribution in [2.45, 2.75) is 0 Å². The third kappa shape index (κ3) is 8.66. The molecule has 4 heteroatoms. The monoisotopic (exact) mass is 782 g/mol. The molecule has 0 radical (unpaired) electrons. The molecule has 290 valence electrons. The van der Waals surface area contributed by atoms with Crippen LogP contribution in [0.5, 0.6) is 0 Å². The summed E-state index contributed by atoms with van der Waals surface area (Å²) in [7, 11) is 0. The summed E-state index contributed by atoms with van der Waals surface area (Å²) in [5.41, 5.74) is 13.5. The lowest BCUT2D eigenvalue weighted by Crippen LogP contribution is -2.13. The second-order valence-electron chi connectivity index (χ2n) is 14.5. The van der Waals surface area contributed by atoms with Gasteiger partial charge in [0.2, 0.25) is 0 Å². The van der Waals surface area contributed by atoms with Gasteiger partial charge in [0.05, 0.1) is 5.69 Å². The first-order valence-electron chi connectivity index (χ1n) is 20.4. The van der Waals surface area contributed by atoms with Gasteiger partial charge in [-0.05, 0) is 75.9 Å². The average molecular weight is 783 g/mol. The highest BCUT2D eigenvalue weighted by Crippen LogP contribution is 2.48. The molecule has 61 heavy (non-hydrogen) atoms. The summed E-state index contributed by atoms with van der Waals surface area (Å²) in [6.45, 7) is 4.06.